The number of aliphatic hydroxyl groups is 1. The van der Waals surface area contributed by atoms with E-state index < -0.39 is 0 Å². The summed E-state index contributed by atoms with van der Waals surface area (Å²) in [7, 11) is 0. The predicted octanol–water partition coefficient (Wildman–Crippen LogP) is 1.09. The van der Waals surface area contributed by atoms with Gasteiger partial charge in [0.2, 0.25) is 5.28 Å². The van der Waals surface area contributed by atoms with Gasteiger partial charge in [0.15, 0.2) is 0 Å². The number of aliphatic hydroxyl groups excluding tert-OH is 1. The monoisotopic (exact) mass is 227 g/mol. The van der Waals surface area contributed by atoms with Gasteiger partial charge in [-0.1, -0.05) is 0 Å². The largest absolute Gasteiger partial charge is 0.392 e. The Morgan fingerprint density at radius 2 is 2.47 bits per heavy atom. The lowest BCUT2D eigenvalue weighted by Crippen LogP contribution is -2.37. The molecule has 1 atom stereocenters. The van der Waals surface area contributed by atoms with Crippen molar-refractivity contribution >= 4 is 11.6 Å². The average molecular weight is 228 g/mol. The summed E-state index contributed by atoms with van der Waals surface area (Å²) in [6, 6.07) is 1.85. The standard InChI is InChI=1S/C10H14ClN3O/c11-10-12-4-3-8(13-10)6-14-5-1-2-9(15)7-14/h3-4,9,15H,1-2,5-7H2/t9-/m1/s1. The van der Waals surface area contributed by atoms with E-state index in [1.54, 1.807) is 6.20 Å². The van der Waals surface area contributed by atoms with Gasteiger partial charge in [-0.05, 0) is 37.1 Å². The maximum Gasteiger partial charge on any atom is 0.222 e. The summed E-state index contributed by atoms with van der Waals surface area (Å²) < 4.78 is 0. The number of β-amino-alcohol motifs (C(OH)–C–C–N with tert-alkyl or cyclic N) is 1. The molecular weight excluding hydrogens is 214 g/mol. The molecule has 1 N–H and O–H groups in total. The van der Waals surface area contributed by atoms with Crippen LogP contribution in [0.25, 0.3) is 0 Å². The summed E-state index contributed by atoms with van der Waals surface area (Å²) >= 11 is 5.70. The van der Waals surface area contributed by atoms with Crippen LogP contribution in [0.4, 0.5) is 0 Å². The van der Waals surface area contributed by atoms with Crippen molar-refractivity contribution in [3.8, 4) is 0 Å². The first-order valence-corrected chi connectivity index (χ1v) is 5.49. The van der Waals surface area contributed by atoms with Crippen molar-refractivity contribution in [3.05, 3.63) is 23.2 Å². The van der Waals surface area contributed by atoms with Gasteiger partial charge in [-0.3, -0.25) is 4.90 Å². The molecule has 0 bridgehead atoms. The minimum Gasteiger partial charge on any atom is -0.392 e. The maximum atomic E-state index is 9.51. The van der Waals surface area contributed by atoms with Crippen LogP contribution in [0.5, 0.6) is 0 Å². The van der Waals surface area contributed by atoms with E-state index in [0.29, 0.717) is 0 Å². The first-order valence-electron chi connectivity index (χ1n) is 5.12. The van der Waals surface area contributed by atoms with Crippen molar-refractivity contribution in [3.63, 3.8) is 0 Å². The first kappa shape index (κ1) is 10.8. The van der Waals surface area contributed by atoms with Crippen molar-refractivity contribution in [1.29, 1.82) is 0 Å². The molecule has 1 fully saturated rings. The molecule has 0 unspecified atom stereocenters. The Kier molecular flexibility index (Phi) is 3.51. The number of rotatable bonds is 2. The van der Waals surface area contributed by atoms with Gasteiger partial charge < -0.3 is 5.11 Å². The van der Waals surface area contributed by atoms with E-state index in [1.165, 1.54) is 0 Å². The zero-order chi connectivity index (χ0) is 10.7. The van der Waals surface area contributed by atoms with Gasteiger partial charge in [0.05, 0.1) is 11.8 Å². The molecule has 0 aliphatic carbocycles. The third kappa shape index (κ3) is 3.12. The summed E-state index contributed by atoms with van der Waals surface area (Å²) in [5.74, 6) is 0. The van der Waals surface area contributed by atoms with E-state index in [4.69, 9.17) is 11.6 Å². The topological polar surface area (TPSA) is 49.2 Å². The van der Waals surface area contributed by atoms with Crippen LogP contribution in [0.1, 0.15) is 18.5 Å². The zero-order valence-corrected chi connectivity index (χ0v) is 9.19. The molecule has 4 nitrogen and oxygen atoms in total. The fourth-order valence-corrected chi connectivity index (χ4v) is 2.03. The van der Waals surface area contributed by atoms with E-state index in [9.17, 15) is 5.11 Å². The van der Waals surface area contributed by atoms with Gasteiger partial charge in [-0.15, -0.1) is 0 Å². The van der Waals surface area contributed by atoms with E-state index >= 15 is 0 Å². The first-order chi connectivity index (χ1) is 7.24. The fourth-order valence-electron chi connectivity index (χ4n) is 1.86. The number of hydrogen-bond acceptors (Lipinski definition) is 4. The molecule has 0 amide bonds. The molecule has 1 aromatic heterocycles. The molecule has 1 aromatic rings. The SMILES string of the molecule is O[C@@H]1CCCN(Cc2ccnc(Cl)n2)C1. The van der Waals surface area contributed by atoms with Crippen LogP contribution < -0.4 is 0 Å². The van der Waals surface area contributed by atoms with Gasteiger partial charge in [0, 0.05) is 19.3 Å². The van der Waals surface area contributed by atoms with Crippen LogP contribution in [0, 0.1) is 0 Å². The number of aromatic nitrogens is 2. The highest BCUT2D eigenvalue weighted by molar-refractivity contribution is 6.28. The number of piperidine rings is 1. The summed E-state index contributed by atoms with van der Waals surface area (Å²) in [5.41, 5.74) is 0.907. The smallest absolute Gasteiger partial charge is 0.222 e. The molecule has 1 saturated heterocycles. The third-order valence-corrected chi connectivity index (χ3v) is 2.73. The van der Waals surface area contributed by atoms with Crippen molar-refractivity contribution in [2.75, 3.05) is 13.1 Å². The molecule has 0 spiro atoms. The number of likely N-dealkylation sites (tertiary alicyclic amines) is 1. The summed E-state index contributed by atoms with van der Waals surface area (Å²) in [6.45, 7) is 2.47. The lowest BCUT2D eigenvalue weighted by molar-refractivity contribution is 0.0662. The minimum absolute atomic E-state index is 0.198. The Balaban J connectivity index is 1.96. The highest BCUT2D eigenvalue weighted by Gasteiger charge is 2.17. The third-order valence-electron chi connectivity index (χ3n) is 2.55. The Bertz CT molecular complexity index is 334. The average Bonchev–Trinajstić information content (AvgIpc) is 2.17. The van der Waals surface area contributed by atoms with Crippen molar-refractivity contribution in [1.82, 2.24) is 14.9 Å². The van der Waals surface area contributed by atoms with E-state index in [2.05, 4.69) is 14.9 Å². The van der Waals surface area contributed by atoms with E-state index in [0.717, 1.165) is 38.2 Å². The number of hydrogen-bond donors (Lipinski definition) is 1. The predicted molar refractivity (Wildman–Crippen MR) is 57.6 cm³/mol. The van der Waals surface area contributed by atoms with Crippen LogP contribution >= 0.6 is 11.6 Å². The number of nitrogens with zero attached hydrogens (tertiary/aromatic N) is 3. The summed E-state index contributed by atoms with van der Waals surface area (Å²) in [5, 5.41) is 9.79. The van der Waals surface area contributed by atoms with Gasteiger partial charge in [0.1, 0.15) is 0 Å². The second kappa shape index (κ2) is 4.88. The van der Waals surface area contributed by atoms with Crippen molar-refractivity contribution < 1.29 is 5.11 Å². The van der Waals surface area contributed by atoms with Crippen LogP contribution in [0.15, 0.2) is 12.3 Å². The lowest BCUT2D eigenvalue weighted by Gasteiger charge is -2.29. The Morgan fingerprint density at radius 1 is 1.60 bits per heavy atom. The fraction of sp³-hybridized carbons (Fsp3) is 0.600. The van der Waals surface area contributed by atoms with Gasteiger partial charge in [0.25, 0.3) is 0 Å². The van der Waals surface area contributed by atoms with Gasteiger partial charge in [-0.25, -0.2) is 9.97 Å². The second-order valence-corrected chi connectivity index (χ2v) is 4.19. The van der Waals surface area contributed by atoms with Gasteiger partial charge >= 0.3 is 0 Å². The molecule has 0 aromatic carbocycles. The van der Waals surface area contributed by atoms with E-state index in [1.807, 2.05) is 6.07 Å². The molecule has 0 saturated carbocycles. The molecule has 1 aliphatic rings. The normalized spacial score (nSPS) is 22.9. The summed E-state index contributed by atoms with van der Waals surface area (Å²) in [4.78, 5) is 10.1. The van der Waals surface area contributed by atoms with Crippen LogP contribution in [-0.4, -0.2) is 39.2 Å². The molecule has 2 rings (SSSR count). The van der Waals surface area contributed by atoms with Crippen LogP contribution in [0.3, 0.4) is 0 Å². The molecular formula is C10H14ClN3O. The van der Waals surface area contributed by atoms with Crippen molar-refractivity contribution in [2.24, 2.45) is 0 Å². The molecule has 0 radical (unpaired) electrons. The number of halogens is 1. The Morgan fingerprint density at radius 3 is 3.20 bits per heavy atom. The maximum absolute atomic E-state index is 9.51. The van der Waals surface area contributed by atoms with Crippen LogP contribution in [-0.2, 0) is 6.54 Å². The lowest BCUT2D eigenvalue weighted by atomic mass is 10.1. The summed E-state index contributed by atoms with van der Waals surface area (Å²) in [6.07, 6.45) is 3.41. The second-order valence-electron chi connectivity index (χ2n) is 3.85. The molecule has 15 heavy (non-hydrogen) atoms. The molecule has 82 valence electrons. The Hall–Kier alpha value is -0.710. The molecule has 5 heteroatoms. The van der Waals surface area contributed by atoms with Crippen molar-refractivity contribution in [2.45, 2.75) is 25.5 Å². The highest BCUT2D eigenvalue weighted by atomic mass is 35.5. The molecule has 1 aliphatic heterocycles. The van der Waals surface area contributed by atoms with Gasteiger partial charge in [-0.2, -0.15) is 0 Å². The molecule has 2 heterocycles. The van der Waals surface area contributed by atoms with Crippen LogP contribution in [0.2, 0.25) is 5.28 Å². The Labute approximate surface area is 93.9 Å². The highest BCUT2D eigenvalue weighted by Crippen LogP contribution is 2.12. The quantitative estimate of drug-likeness (QED) is 0.769. The van der Waals surface area contributed by atoms with E-state index in [-0.39, 0.29) is 11.4 Å². The minimum atomic E-state index is -0.198. The zero-order valence-electron chi connectivity index (χ0n) is 8.43.